The van der Waals surface area contributed by atoms with Crippen molar-refractivity contribution in [1.82, 2.24) is 15.3 Å². The van der Waals surface area contributed by atoms with Gasteiger partial charge in [-0.1, -0.05) is 35.9 Å². The molecule has 6 rings (SSSR count). The van der Waals surface area contributed by atoms with Crippen LogP contribution in [0.2, 0.25) is 5.02 Å². The third kappa shape index (κ3) is 3.38. The second-order valence-electron chi connectivity index (χ2n) is 8.60. The molecule has 34 heavy (non-hydrogen) atoms. The number of halogens is 1. The fraction of sp³-hybridized carbons (Fsp3) is 0.200. The summed E-state index contributed by atoms with van der Waals surface area (Å²) in [4.78, 5) is 20.3. The molecule has 2 aliphatic rings. The Kier molecular flexibility index (Phi) is 4.95. The molecule has 2 aromatic heterocycles. The minimum absolute atomic E-state index is 0.0826. The van der Waals surface area contributed by atoms with E-state index >= 15 is 0 Å². The van der Waals surface area contributed by atoms with E-state index in [0.717, 1.165) is 17.6 Å². The number of rotatable bonds is 4. The number of aliphatic hydroxyl groups is 1. The SMILES string of the molecule is O=C1Nc2cnc3[nH]cc(C(O)c4ccc(Oc5ccccc5)cc4Cl)c3c2NC12CCNC2. The average molecular weight is 476 g/mol. The van der Waals surface area contributed by atoms with E-state index in [0.29, 0.717) is 51.9 Å². The van der Waals surface area contributed by atoms with E-state index in [1.807, 2.05) is 30.3 Å². The van der Waals surface area contributed by atoms with Gasteiger partial charge in [0.25, 0.3) is 5.91 Å². The maximum Gasteiger partial charge on any atom is 0.251 e. The van der Waals surface area contributed by atoms with Crippen molar-refractivity contribution in [2.24, 2.45) is 0 Å². The molecule has 5 N–H and O–H groups in total. The molecule has 2 aliphatic heterocycles. The third-order valence-electron chi connectivity index (χ3n) is 6.47. The van der Waals surface area contributed by atoms with Crippen molar-refractivity contribution in [2.75, 3.05) is 23.7 Å². The largest absolute Gasteiger partial charge is 0.457 e. The minimum atomic E-state index is -1.02. The van der Waals surface area contributed by atoms with Crippen molar-refractivity contribution in [3.05, 3.63) is 77.1 Å². The Morgan fingerprint density at radius 3 is 2.74 bits per heavy atom. The molecule has 1 spiro atoms. The van der Waals surface area contributed by atoms with Crippen molar-refractivity contribution < 1.29 is 14.6 Å². The molecule has 0 bridgehead atoms. The van der Waals surface area contributed by atoms with Crippen LogP contribution in [0.25, 0.3) is 11.0 Å². The second kappa shape index (κ2) is 8.02. The third-order valence-corrected chi connectivity index (χ3v) is 6.80. The van der Waals surface area contributed by atoms with E-state index < -0.39 is 11.6 Å². The van der Waals surface area contributed by atoms with Crippen LogP contribution in [0.3, 0.4) is 0 Å². The van der Waals surface area contributed by atoms with Crippen molar-refractivity contribution in [3.8, 4) is 11.5 Å². The van der Waals surface area contributed by atoms with Crippen LogP contribution >= 0.6 is 11.6 Å². The Balaban J connectivity index is 1.37. The van der Waals surface area contributed by atoms with E-state index in [1.165, 1.54) is 0 Å². The highest BCUT2D eigenvalue weighted by atomic mass is 35.5. The van der Waals surface area contributed by atoms with Crippen molar-refractivity contribution in [1.29, 1.82) is 0 Å². The van der Waals surface area contributed by atoms with Gasteiger partial charge in [-0.15, -0.1) is 0 Å². The molecule has 2 unspecified atom stereocenters. The smallest absolute Gasteiger partial charge is 0.251 e. The van der Waals surface area contributed by atoms with Crippen LogP contribution in [0.1, 0.15) is 23.7 Å². The summed E-state index contributed by atoms with van der Waals surface area (Å²) in [6, 6.07) is 14.6. The topological polar surface area (TPSA) is 111 Å². The number of fused-ring (bicyclic) bond motifs is 3. The first kappa shape index (κ1) is 21.0. The highest BCUT2D eigenvalue weighted by molar-refractivity contribution is 6.31. The summed E-state index contributed by atoms with van der Waals surface area (Å²) in [5.41, 5.74) is 2.36. The number of anilines is 2. The number of ether oxygens (including phenoxy) is 1. The van der Waals surface area contributed by atoms with Crippen LogP contribution in [0, 0.1) is 0 Å². The molecule has 4 aromatic rings. The number of hydrogen-bond donors (Lipinski definition) is 5. The van der Waals surface area contributed by atoms with Gasteiger partial charge in [-0.05, 0) is 37.2 Å². The minimum Gasteiger partial charge on any atom is -0.457 e. The summed E-state index contributed by atoms with van der Waals surface area (Å²) >= 11 is 6.57. The number of aromatic amines is 1. The van der Waals surface area contributed by atoms with Gasteiger partial charge >= 0.3 is 0 Å². The number of carbonyl (C=O) groups is 1. The summed E-state index contributed by atoms with van der Waals surface area (Å²) < 4.78 is 5.85. The van der Waals surface area contributed by atoms with Gasteiger partial charge in [0.05, 0.1) is 28.0 Å². The molecule has 1 saturated heterocycles. The van der Waals surface area contributed by atoms with Gasteiger partial charge in [-0.25, -0.2) is 4.98 Å². The Morgan fingerprint density at radius 1 is 1.12 bits per heavy atom. The fourth-order valence-electron chi connectivity index (χ4n) is 4.68. The fourth-order valence-corrected chi connectivity index (χ4v) is 4.95. The number of carbonyl (C=O) groups excluding carboxylic acids is 1. The van der Waals surface area contributed by atoms with Crippen molar-refractivity contribution in [3.63, 3.8) is 0 Å². The van der Waals surface area contributed by atoms with Crippen LogP contribution < -0.4 is 20.7 Å². The molecule has 9 heteroatoms. The van der Waals surface area contributed by atoms with Gasteiger partial charge in [0.2, 0.25) is 0 Å². The lowest BCUT2D eigenvalue weighted by atomic mass is 9.92. The number of hydrogen-bond acceptors (Lipinski definition) is 6. The molecule has 0 radical (unpaired) electrons. The Morgan fingerprint density at radius 2 is 1.97 bits per heavy atom. The number of nitrogens with one attached hydrogen (secondary N) is 4. The first-order valence-corrected chi connectivity index (χ1v) is 11.4. The Bertz CT molecular complexity index is 1400. The zero-order valence-corrected chi connectivity index (χ0v) is 18.8. The molecule has 0 aliphatic carbocycles. The standard InChI is InChI=1S/C25H22ClN5O3/c26-18-10-15(34-14-4-2-1-3-5-14)6-7-16(18)22(32)17-11-28-23-20(17)21-19(12-29-23)30-24(33)25(31-21)8-9-27-13-25/h1-7,10-12,22,27,31-32H,8-9,13H2,(H,28,29)(H,30,33). The lowest BCUT2D eigenvalue weighted by Gasteiger charge is -2.35. The summed E-state index contributed by atoms with van der Waals surface area (Å²) in [6.45, 7) is 1.28. The van der Waals surface area contributed by atoms with E-state index in [9.17, 15) is 9.90 Å². The molecular formula is C25H22ClN5O3. The summed E-state index contributed by atoms with van der Waals surface area (Å²) in [6.07, 6.45) is 2.99. The number of aliphatic hydroxyl groups excluding tert-OH is 1. The van der Waals surface area contributed by atoms with Crippen molar-refractivity contribution >= 4 is 39.9 Å². The first-order valence-electron chi connectivity index (χ1n) is 11.0. The molecule has 1 fully saturated rings. The second-order valence-corrected chi connectivity index (χ2v) is 9.01. The quantitative estimate of drug-likeness (QED) is 0.303. The van der Waals surface area contributed by atoms with E-state index in [-0.39, 0.29) is 5.91 Å². The summed E-state index contributed by atoms with van der Waals surface area (Å²) in [5, 5.41) is 22.1. The Hall–Kier alpha value is -3.59. The number of nitrogens with zero attached hydrogens (tertiary/aromatic N) is 1. The molecule has 2 aromatic carbocycles. The molecule has 172 valence electrons. The van der Waals surface area contributed by atoms with Crippen LogP contribution in [-0.2, 0) is 4.79 Å². The average Bonchev–Trinajstić information content (AvgIpc) is 3.49. The van der Waals surface area contributed by atoms with Gasteiger partial charge in [0.1, 0.15) is 28.8 Å². The van der Waals surface area contributed by atoms with E-state index in [4.69, 9.17) is 16.3 Å². The number of para-hydroxylation sites is 1. The van der Waals surface area contributed by atoms with Crippen molar-refractivity contribution in [2.45, 2.75) is 18.1 Å². The molecular weight excluding hydrogens is 454 g/mol. The maximum atomic E-state index is 12.8. The van der Waals surface area contributed by atoms with Gasteiger partial charge < -0.3 is 30.8 Å². The monoisotopic (exact) mass is 475 g/mol. The zero-order valence-electron chi connectivity index (χ0n) is 18.1. The number of amides is 1. The molecule has 4 heterocycles. The number of H-pyrrole nitrogens is 1. The summed E-state index contributed by atoms with van der Waals surface area (Å²) in [7, 11) is 0. The number of pyridine rings is 1. The van der Waals surface area contributed by atoms with Crippen LogP contribution in [0.15, 0.2) is 60.9 Å². The predicted molar refractivity (Wildman–Crippen MR) is 131 cm³/mol. The predicted octanol–water partition coefficient (Wildman–Crippen LogP) is 4.19. The van der Waals surface area contributed by atoms with Gasteiger partial charge in [-0.2, -0.15) is 0 Å². The van der Waals surface area contributed by atoms with Crippen LogP contribution in [0.5, 0.6) is 11.5 Å². The van der Waals surface area contributed by atoms with Crippen LogP contribution in [-0.4, -0.2) is 39.6 Å². The molecule has 0 saturated carbocycles. The van der Waals surface area contributed by atoms with Gasteiger partial charge in [0.15, 0.2) is 0 Å². The highest BCUT2D eigenvalue weighted by Crippen LogP contribution is 2.43. The Labute approximate surface area is 200 Å². The normalized spacial score (nSPS) is 20.1. The molecule has 8 nitrogen and oxygen atoms in total. The first-order chi connectivity index (χ1) is 16.5. The van der Waals surface area contributed by atoms with Gasteiger partial charge in [-0.3, -0.25) is 4.79 Å². The zero-order chi connectivity index (χ0) is 23.3. The molecule has 1 amide bonds. The highest BCUT2D eigenvalue weighted by Gasteiger charge is 2.45. The lowest BCUT2D eigenvalue weighted by Crippen LogP contribution is -2.54. The number of aromatic nitrogens is 2. The van der Waals surface area contributed by atoms with Gasteiger partial charge in [0, 0.05) is 23.9 Å². The van der Waals surface area contributed by atoms with Crippen LogP contribution in [0.4, 0.5) is 11.4 Å². The lowest BCUT2D eigenvalue weighted by molar-refractivity contribution is -0.120. The van der Waals surface area contributed by atoms with E-state index in [2.05, 4.69) is 25.9 Å². The van der Waals surface area contributed by atoms with E-state index in [1.54, 1.807) is 30.6 Å². The molecule has 2 atom stereocenters. The maximum absolute atomic E-state index is 12.8. The number of benzene rings is 2. The summed E-state index contributed by atoms with van der Waals surface area (Å²) in [5.74, 6) is 1.19.